The van der Waals surface area contributed by atoms with E-state index in [9.17, 15) is 9.59 Å². The van der Waals surface area contributed by atoms with Gasteiger partial charge in [-0.1, -0.05) is 6.07 Å². The number of carboxylic acids is 1. The van der Waals surface area contributed by atoms with Gasteiger partial charge in [0.1, 0.15) is 0 Å². The van der Waals surface area contributed by atoms with Crippen LogP contribution in [0.15, 0.2) is 38.6 Å². The summed E-state index contributed by atoms with van der Waals surface area (Å²) in [5.41, 5.74) is 0.258. The predicted octanol–water partition coefficient (Wildman–Crippen LogP) is 4.29. The third-order valence-corrected chi connectivity index (χ3v) is 4.89. The number of thiophene rings is 1. The maximum atomic E-state index is 11.9. The van der Waals surface area contributed by atoms with Gasteiger partial charge < -0.3 is 15.7 Å². The second-order valence-corrected chi connectivity index (χ2v) is 6.77. The molecule has 0 spiro atoms. The first-order valence-electron chi connectivity index (χ1n) is 5.77. The predicted molar refractivity (Wildman–Crippen MR) is 89.0 cm³/mol. The third kappa shape index (κ3) is 4.29. The van der Waals surface area contributed by atoms with Crippen molar-refractivity contribution in [1.82, 2.24) is 5.32 Å². The maximum absolute atomic E-state index is 11.9. The van der Waals surface area contributed by atoms with E-state index >= 15 is 0 Å². The van der Waals surface area contributed by atoms with Gasteiger partial charge in [0.25, 0.3) is 0 Å². The molecule has 0 radical (unpaired) electrons. The molecule has 0 fully saturated rings. The maximum Gasteiger partial charge on any atom is 0.337 e. The Kier molecular flexibility index (Phi) is 5.38. The summed E-state index contributed by atoms with van der Waals surface area (Å²) in [5.74, 6) is -1.10. The Morgan fingerprint density at radius 3 is 2.67 bits per heavy atom. The van der Waals surface area contributed by atoms with E-state index in [-0.39, 0.29) is 11.3 Å². The van der Waals surface area contributed by atoms with E-state index in [4.69, 9.17) is 5.11 Å². The molecule has 3 N–H and O–H groups in total. The second-order valence-electron chi connectivity index (χ2n) is 4.01. The molecule has 0 saturated carbocycles. The van der Waals surface area contributed by atoms with Crippen LogP contribution in [0.25, 0.3) is 0 Å². The zero-order valence-corrected chi connectivity index (χ0v) is 14.5. The van der Waals surface area contributed by atoms with Gasteiger partial charge in [-0.15, -0.1) is 11.3 Å². The highest BCUT2D eigenvalue weighted by atomic mass is 79.9. The fourth-order valence-corrected chi connectivity index (χ4v) is 3.46. The molecule has 1 heterocycles. The van der Waals surface area contributed by atoms with Crippen molar-refractivity contribution >= 4 is 60.9 Å². The first kappa shape index (κ1) is 16.0. The van der Waals surface area contributed by atoms with Crippen molar-refractivity contribution in [3.63, 3.8) is 0 Å². The first-order chi connectivity index (χ1) is 9.97. The summed E-state index contributed by atoms with van der Waals surface area (Å²) >= 11 is 8.09. The zero-order valence-electron chi connectivity index (χ0n) is 10.5. The van der Waals surface area contributed by atoms with Crippen LogP contribution in [0.4, 0.5) is 10.5 Å². The minimum absolute atomic E-state index is 0.0263. The van der Waals surface area contributed by atoms with Gasteiger partial charge in [-0.05, 0) is 50.1 Å². The number of para-hydroxylation sites is 1. The van der Waals surface area contributed by atoms with E-state index in [1.807, 2.05) is 11.4 Å². The van der Waals surface area contributed by atoms with Gasteiger partial charge in [-0.25, -0.2) is 9.59 Å². The number of urea groups is 1. The molecule has 5 nitrogen and oxygen atoms in total. The lowest BCUT2D eigenvalue weighted by molar-refractivity contribution is 0.0698. The number of hydrogen-bond acceptors (Lipinski definition) is 3. The third-order valence-electron chi connectivity index (χ3n) is 2.53. The van der Waals surface area contributed by atoms with Crippen LogP contribution in [0.3, 0.4) is 0 Å². The van der Waals surface area contributed by atoms with Gasteiger partial charge in [0.15, 0.2) is 0 Å². The molecule has 0 saturated heterocycles. The Labute approximate surface area is 141 Å². The zero-order chi connectivity index (χ0) is 15.4. The Balaban J connectivity index is 2.04. The molecular weight excluding hydrogens is 424 g/mol. The molecule has 21 heavy (non-hydrogen) atoms. The lowest BCUT2D eigenvalue weighted by atomic mass is 10.2. The van der Waals surface area contributed by atoms with Crippen molar-refractivity contribution in [2.45, 2.75) is 6.54 Å². The van der Waals surface area contributed by atoms with Crippen molar-refractivity contribution in [2.75, 3.05) is 5.32 Å². The standard InChI is InChI=1S/C13H10Br2N2O3S/c14-7-4-8(21-6-7)5-16-13(20)17-11-9(12(18)19)2-1-3-10(11)15/h1-4,6H,5H2,(H,18,19)(H2,16,17,20). The normalized spacial score (nSPS) is 10.2. The number of rotatable bonds is 4. The quantitative estimate of drug-likeness (QED) is 0.672. The Morgan fingerprint density at radius 1 is 1.29 bits per heavy atom. The Hall–Kier alpha value is -1.38. The molecule has 110 valence electrons. The minimum Gasteiger partial charge on any atom is -0.478 e. The molecule has 2 aromatic rings. The molecule has 2 rings (SSSR count). The fraction of sp³-hybridized carbons (Fsp3) is 0.0769. The van der Waals surface area contributed by atoms with Gasteiger partial charge >= 0.3 is 12.0 Å². The average molecular weight is 434 g/mol. The lowest BCUT2D eigenvalue weighted by Crippen LogP contribution is -2.28. The molecule has 1 aromatic carbocycles. The van der Waals surface area contributed by atoms with Crippen molar-refractivity contribution in [3.8, 4) is 0 Å². The van der Waals surface area contributed by atoms with Crippen LogP contribution >= 0.6 is 43.2 Å². The average Bonchev–Trinajstić information content (AvgIpc) is 2.84. The first-order valence-corrected chi connectivity index (χ1v) is 8.23. The van der Waals surface area contributed by atoms with Crippen LogP contribution in [0, 0.1) is 0 Å². The molecule has 1 aromatic heterocycles. The van der Waals surface area contributed by atoms with Crippen molar-refractivity contribution < 1.29 is 14.7 Å². The number of carbonyl (C=O) groups excluding carboxylic acids is 1. The Morgan fingerprint density at radius 2 is 2.05 bits per heavy atom. The van der Waals surface area contributed by atoms with Crippen LogP contribution in [0.1, 0.15) is 15.2 Å². The number of aromatic carboxylic acids is 1. The SMILES string of the molecule is O=C(NCc1cc(Br)cs1)Nc1c(Br)cccc1C(=O)O. The molecule has 0 aliphatic heterocycles. The van der Waals surface area contributed by atoms with Crippen LogP contribution in [-0.4, -0.2) is 17.1 Å². The summed E-state index contributed by atoms with van der Waals surface area (Å²) in [4.78, 5) is 24.0. The lowest BCUT2D eigenvalue weighted by Gasteiger charge is -2.11. The van der Waals surface area contributed by atoms with Gasteiger partial charge in [0.05, 0.1) is 17.8 Å². The van der Waals surface area contributed by atoms with Crippen LogP contribution in [-0.2, 0) is 6.54 Å². The molecule has 0 aliphatic carbocycles. The highest BCUT2D eigenvalue weighted by Gasteiger charge is 2.15. The molecule has 0 bridgehead atoms. The smallest absolute Gasteiger partial charge is 0.337 e. The summed E-state index contributed by atoms with van der Waals surface area (Å²) < 4.78 is 1.47. The number of benzene rings is 1. The van der Waals surface area contributed by atoms with E-state index in [1.54, 1.807) is 12.1 Å². The molecular formula is C13H10Br2N2O3S. The molecule has 0 atom stereocenters. The summed E-state index contributed by atoms with van der Waals surface area (Å²) in [6, 6.07) is 6.14. The van der Waals surface area contributed by atoms with Gasteiger partial charge in [-0.2, -0.15) is 0 Å². The van der Waals surface area contributed by atoms with Gasteiger partial charge in [0.2, 0.25) is 0 Å². The van der Waals surface area contributed by atoms with Crippen LogP contribution < -0.4 is 10.6 Å². The number of amides is 2. The van der Waals surface area contributed by atoms with Crippen molar-refractivity contribution in [3.05, 3.63) is 49.0 Å². The van der Waals surface area contributed by atoms with E-state index in [0.717, 1.165) is 9.35 Å². The van der Waals surface area contributed by atoms with Gasteiger partial charge in [0, 0.05) is 19.2 Å². The molecule has 0 unspecified atom stereocenters. The summed E-state index contributed by atoms with van der Waals surface area (Å²) in [6.07, 6.45) is 0. The van der Waals surface area contributed by atoms with Gasteiger partial charge in [-0.3, -0.25) is 0 Å². The number of nitrogens with one attached hydrogen (secondary N) is 2. The number of hydrogen-bond donors (Lipinski definition) is 3. The number of carboxylic acid groups (broad SMARTS) is 1. The summed E-state index contributed by atoms with van der Waals surface area (Å²) in [7, 11) is 0. The monoisotopic (exact) mass is 432 g/mol. The second kappa shape index (κ2) is 7.06. The number of anilines is 1. The highest BCUT2D eigenvalue weighted by molar-refractivity contribution is 9.10. The van der Waals surface area contributed by atoms with E-state index in [1.165, 1.54) is 17.4 Å². The van der Waals surface area contributed by atoms with E-state index < -0.39 is 12.0 Å². The van der Waals surface area contributed by atoms with Crippen molar-refractivity contribution in [1.29, 1.82) is 0 Å². The topological polar surface area (TPSA) is 78.4 Å². The largest absolute Gasteiger partial charge is 0.478 e. The minimum atomic E-state index is -1.10. The fourth-order valence-electron chi connectivity index (χ4n) is 1.60. The molecule has 8 heteroatoms. The number of halogens is 2. The highest BCUT2D eigenvalue weighted by Crippen LogP contribution is 2.26. The van der Waals surface area contributed by atoms with Crippen molar-refractivity contribution in [2.24, 2.45) is 0 Å². The molecule has 2 amide bonds. The number of carbonyl (C=O) groups is 2. The molecule has 0 aliphatic rings. The summed E-state index contributed by atoms with van der Waals surface area (Å²) in [5, 5.41) is 16.3. The van der Waals surface area contributed by atoms with E-state index in [0.29, 0.717) is 11.0 Å². The summed E-state index contributed by atoms with van der Waals surface area (Å²) in [6.45, 7) is 0.370. The van der Waals surface area contributed by atoms with Crippen LogP contribution in [0.5, 0.6) is 0 Å². The Bertz CT molecular complexity index is 688. The van der Waals surface area contributed by atoms with Crippen LogP contribution in [0.2, 0.25) is 0 Å². The van der Waals surface area contributed by atoms with E-state index in [2.05, 4.69) is 42.5 Å².